The first kappa shape index (κ1) is 26.0. The van der Waals surface area contributed by atoms with Gasteiger partial charge in [0.15, 0.2) is 13.2 Å². The van der Waals surface area contributed by atoms with E-state index in [1.807, 2.05) is 42.5 Å². The standard InChI is InChI=1S/C11H15NO2.C11H14O3.CH4/c2*1-8(2)9-4-3-5-10(6-9)14-7-11(12)13;/h3-6,8H,7H2,1-2H3,(H2,12,13);3-6,8H,7H2,1-2H3,(H,12,13);1H4. The highest BCUT2D eigenvalue weighted by Gasteiger charge is 2.03. The number of benzene rings is 2. The van der Waals surface area contributed by atoms with Gasteiger partial charge in [-0.25, -0.2) is 4.79 Å². The highest BCUT2D eigenvalue weighted by molar-refractivity contribution is 5.75. The number of nitrogens with two attached hydrogens (primary N) is 1. The lowest BCUT2D eigenvalue weighted by molar-refractivity contribution is -0.139. The Hall–Kier alpha value is -3.02. The second-order valence-electron chi connectivity index (χ2n) is 6.89. The van der Waals surface area contributed by atoms with Crippen LogP contribution in [0.2, 0.25) is 0 Å². The summed E-state index contributed by atoms with van der Waals surface area (Å²) < 4.78 is 10.2. The van der Waals surface area contributed by atoms with Gasteiger partial charge in [0.05, 0.1) is 0 Å². The number of hydrogen-bond acceptors (Lipinski definition) is 4. The van der Waals surface area contributed by atoms with Gasteiger partial charge in [-0.15, -0.1) is 0 Å². The van der Waals surface area contributed by atoms with Crippen molar-refractivity contribution in [2.24, 2.45) is 5.73 Å². The molecule has 0 atom stereocenters. The number of carboxylic acid groups (broad SMARTS) is 1. The van der Waals surface area contributed by atoms with E-state index in [0.29, 0.717) is 23.3 Å². The Morgan fingerprint density at radius 3 is 1.62 bits per heavy atom. The molecule has 0 aliphatic heterocycles. The summed E-state index contributed by atoms with van der Waals surface area (Å²) in [5.74, 6) is 0.754. The second-order valence-corrected chi connectivity index (χ2v) is 6.89. The Labute approximate surface area is 173 Å². The first-order valence-corrected chi connectivity index (χ1v) is 9.14. The average Bonchev–Trinajstić information content (AvgIpc) is 2.65. The van der Waals surface area contributed by atoms with Gasteiger partial charge in [-0.2, -0.15) is 0 Å². The molecule has 160 valence electrons. The predicted molar refractivity (Wildman–Crippen MR) is 116 cm³/mol. The minimum atomic E-state index is -0.958. The Morgan fingerprint density at radius 2 is 1.28 bits per heavy atom. The number of carbonyl (C=O) groups excluding carboxylic acids is 1. The Balaban J connectivity index is 0.000000523. The van der Waals surface area contributed by atoms with Gasteiger partial charge < -0.3 is 20.3 Å². The molecule has 0 unspecified atom stereocenters. The number of carbonyl (C=O) groups is 2. The molecule has 0 saturated heterocycles. The van der Waals surface area contributed by atoms with E-state index in [9.17, 15) is 9.59 Å². The number of aliphatic carboxylic acids is 1. The van der Waals surface area contributed by atoms with Gasteiger partial charge in [0.1, 0.15) is 11.5 Å². The van der Waals surface area contributed by atoms with Crippen LogP contribution in [0.4, 0.5) is 0 Å². The van der Waals surface area contributed by atoms with E-state index in [0.717, 1.165) is 5.56 Å². The first-order valence-electron chi connectivity index (χ1n) is 9.14. The van der Waals surface area contributed by atoms with E-state index in [1.165, 1.54) is 5.56 Å². The van der Waals surface area contributed by atoms with Crippen LogP contribution >= 0.6 is 0 Å². The van der Waals surface area contributed by atoms with Crippen molar-refractivity contribution in [1.29, 1.82) is 0 Å². The van der Waals surface area contributed by atoms with Crippen LogP contribution in [0, 0.1) is 0 Å². The maximum absolute atomic E-state index is 10.5. The lowest BCUT2D eigenvalue weighted by Crippen LogP contribution is -2.20. The van der Waals surface area contributed by atoms with Crippen molar-refractivity contribution in [3.63, 3.8) is 0 Å². The highest BCUT2D eigenvalue weighted by atomic mass is 16.5. The quantitative estimate of drug-likeness (QED) is 0.672. The molecule has 0 aliphatic rings. The van der Waals surface area contributed by atoms with Crippen LogP contribution in [-0.2, 0) is 9.59 Å². The van der Waals surface area contributed by atoms with E-state index in [2.05, 4.69) is 27.7 Å². The van der Waals surface area contributed by atoms with Gasteiger partial charge in [-0.1, -0.05) is 59.4 Å². The van der Waals surface area contributed by atoms with E-state index in [-0.39, 0.29) is 20.6 Å². The van der Waals surface area contributed by atoms with Gasteiger partial charge in [-0.05, 0) is 47.2 Å². The van der Waals surface area contributed by atoms with Crippen molar-refractivity contribution in [2.45, 2.75) is 47.0 Å². The highest BCUT2D eigenvalue weighted by Crippen LogP contribution is 2.20. The fourth-order valence-electron chi connectivity index (χ4n) is 2.23. The summed E-state index contributed by atoms with van der Waals surface area (Å²) in [6, 6.07) is 15.2. The third kappa shape index (κ3) is 10.8. The van der Waals surface area contributed by atoms with Crippen molar-refractivity contribution >= 4 is 11.9 Å². The van der Waals surface area contributed by atoms with E-state index < -0.39 is 11.9 Å². The molecule has 0 spiro atoms. The maximum atomic E-state index is 10.5. The molecule has 6 nitrogen and oxygen atoms in total. The fraction of sp³-hybridized carbons (Fsp3) is 0.391. The molecule has 2 aromatic rings. The number of carboxylic acids is 1. The number of ether oxygens (including phenoxy) is 2. The number of hydrogen-bond donors (Lipinski definition) is 2. The Bertz CT molecular complexity index is 706. The maximum Gasteiger partial charge on any atom is 0.341 e. The summed E-state index contributed by atoms with van der Waals surface area (Å²) in [4.78, 5) is 20.8. The van der Waals surface area contributed by atoms with Crippen molar-refractivity contribution in [3.05, 3.63) is 59.7 Å². The molecule has 29 heavy (non-hydrogen) atoms. The molecule has 3 N–H and O–H groups in total. The summed E-state index contributed by atoms with van der Waals surface area (Å²) in [7, 11) is 0. The molecule has 1 amide bonds. The molecule has 6 heteroatoms. The van der Waals surface area contributed by atoms with E-state index >= 15 is 0 Å². The largest absolute Gasteiger partial charge is 0.484 e. The van der Waals surface area contributed by atoms with Crippen LogP contribution in [0.1, 0.15) is 58.1 Å². The van der Waals surface area contributed by atoms with Crippen molar-refractivity contribution < 1.29 is 24.2 Å². The molecular weight excluding hydrogens is 370 g/mol. The minimum absolute atomic E-state index is 0. The van der Waals surface area contributed by atoms with Crippen molar-refractivity contribution in [2.75, 3.05) is 13.2 Å². The number of amides is 1. The summed E-state index contributed by atoms with van der Waals surface area (Å²) >= 11 is 0. The molecule has 0 radical (unpaired) electrons. The molecule has 0 fully saturated rings. The topological polar surface area (TPSA) is 98.8 Å². The zero-order chi connectivity index (χ0) is 21.1. The lowest BCUT2D eigenvalue weighted by Gasteiger charge is -2.08. The molecule has 0 aliphatic carbocycles. The van der Waals surface area contributed by atoms with Crippen LogP contribution in [0.5, 0.6) is 11.5 Å². The third-order valence-corrected chi connectivity index (χ3v) is 3.79. The zero-order valence-corrected chi connectivity index (χ0v) is 16.8. The first-order chi connectivity index (χ1) is 13.2. The van der Waals surface area contributed by atoms with Crippen LogP contribution in [0.3, 0.4) is 0 Å². The van der Waals surface area contributed by atoms with E-state index in [4.69, 9.17) is 20.3 Å². The van der Waals surface area contributed by atoms with Gasteiger partial charge in [0, 0.05) is 0 Å². The fourth-order valence-corrected chi connectivity index (χ4v) is 2.23. The molecule has 0 bridgehead atoms. The SMILES string of the molecule is C.CC(C)c1cccc(OCC(=O)O)c1.CC(C)c1cccc(OCC(N)=O)c1. The smallest absolute Gasteiger partial charge is 0.341 e. The van der Waals surface area contributed by atoms with Crippen LogP contribution in [0.25, 0.3) is 0 Å². The van der Waals surface area contributed by atoms with Gasteiger partial charge in [-0.3, -0.25) is 4.79 Å². The lowest BCUT2D eigenvalue weighted by atomic mass is 10.0. The normalized spacial score (nSPS) is 9.86. The second kappa shape index (κ2) is 13.2. The molecule has 0 aromatic heterocycles. The van der Waals surface area contributed by atoms with Gasteiger partial charge >= 0.3 is 5.97 Å². The number of rotatable bonds is 8. The van der Waals surface area contributed by atoms with Gasteiger partial charge in [0.2, 0.25) is 0 Å². The predicted octanol–water partition coefficient (Wildman–Crippen LogP) is 4.58. The summed E-state index contributed by atoms with van der Waals surface area (Å²) in [6.45, 7) is 8.01. The zero-order valence-electron chi connectivity index (χ0n) is 16.8. The number of primary amides is 1. The Morgan fingerprint density at radius 1 is 0.862 bits per heavy atom. The summed E-state index contributed by atoms with van der Waals surface area (Å²) in [5.41, 5.74) is 7.31. The van der Waals surface area contributed by atoms with Crippen molar-refractivity contribution in [3.8, 4) is 11.5 Å². The molecular formula is C23H33NO5. The minimum Gasteiger partial charge on any atom is -0.484 e. The molecule has 0 heterocycles. The summed E-state index contributed by atoms with van der Waals surface area (Å²) in [5, 5.41) is 8.43. The molecule has 2 aromatic carbocycles. The third-order valence-electron chi connectivity index (χ3n) is 3.79. The monoisotopic (exact) mass is 403 g/mol. The average molecular weight is 404 g/mol. The summed E-state index contributed by atoms with van der Waals surface area (Å²) in [6.07, 6.45) is 0. The van der Waals surface area contributed by atoms with Crippen molar-refractivity contribution in [1.82, 2.24) is 0 Å². The molecule has 2 rings (SSSR count). The molecule has 0 saturated carbocycles. The van der Waals surface area contributed by atoms with Crippen LogP contribution in [0.15, 0.2) is 48.5 Å². The van der Waals surface area contributed by atoms with Crippen LogP contribution < -0.4 is 15.2 Å². The Kier molecular flexibility index (Phi) is 11.8. The van der Waals surface area contributed by atoms with Crippen LogP contribution in [-0.4, -0.2) is 30.2 Å². The van der Waals surface area contributed by atoms with E-state index in [1.54, 1.807) is 6.07 Å². The van der Waals surface area contributed by atoms with Gasteiger partial charge in [0.25, 0.3) is 5.91 Å².